The van der Waals surface area contributed by atoms with Crippen LogP contribution in [-0.4, -0.2) is 10.9 Å². The third kappa shape index (κ3) is 1.65. The molecule has 0 aliphatic rings. The number of rotatable bonds is 3. The molecule has 0 aliphatic carbocycles. The summed E-state index contributed by atoms with van der Waals surface area (Å²) in [5.41, 5.74) is 1.68. The first kappa shape index (κ1) is 9.62. The molecule has 0 spiro atoms. The van der Waals surface area contributed by atoms with Crippen molar-refractivity contribution in [1.29, 1.82) is 0 Å². The molecule has 0 saturated carbocycles. The summed E-state index contributed by atoms with van der Waals surface area (Å²) < 4.78 is 5.33. The third-order valence-corrected chi connectivity index (χ3v) is 2.53. The Bertz CT molecular complexity index is 422. The van der Waals surface area contributed by atoms with Gasteiger partial charge in [-0.1, -0.05) is 18.2 Å². The lowest BCUT2D eigenvalue weighted by Crippen LogP contribution is -1.96. The van der Waals surface area contributed by atoms with Crippen LogP contribution in [0.3, 0.4) is 0 Å². The highest BCUT2D eigenvalue weighted by molar-refractivity contribution is 7.80. The minimum absolute atomic E-state index is 0.476. The predicted molar refractivity (Wildman–Crippen MR) is 59.6 cm³/mol. The van der Waals surface area contributed by atoms with E-state index in [2.05, 4.69) is 12.6 Å². The Morgan fingerprint density at radius 2 is 2.14 bits per heavy atom. The zero-order valence-electron chi connectivity index (χ0n) is 7.68. The first-order valence-electron chi connectivity index (χ1n) is 4.58. The van der Waals surface area contributed by atoms with Gasteiger partial charge < -0.3 is 9.52 Å². The summed E-state index contributed by atoms with van der Waals surface area (Å²) in [7, 11) is 0. The molecule has 0 amide bonds. The summed E-state index contributed by atoms with van der Waals surface area (Å²) in [6.07, 6.45) is 1.79. The van der Waals surface area contributed by atoms with Gasteiger partial charge in [-0.3, -0.25) is 0 Å². The molecule has 0 bridgehead atoms. The second kappa shape index (κ2) is 4.07. The van der Waals surface area contributed by atoms with Gasteiger partial charge in [0.25, 0.3) is 0 Å². The fourth-order valence-corrected chi connectivity index (χ4v) is 1.78. The Morgan fingerprint density at radius 3 is 2.93 bits per heavy atom. The average molecular weight is 208 g/mol. The highest BCUT2D eigenvalue weighted by Crippen LogP contribution is 2.27. The zero-order valence-corrected chi connectivity index (χ0v) is 8.58. The van der Waals surface area contributed by atoms with Gasteiger partial charge in [-0.15, -0.1) is 0 Å². The minimum Gasteiger partial charge on any atom is -0.464 e. The molecule has 1 aromatic heterocycles. The molecule has 0 fully saturated rings. The van der Waals surface area contributed by atoms with Crippen molar-refractivity contribution < 1.29 is 9.52 Å². The summed E-state index contributed by atoms with van der Waals surface area (Å²) in [4.78, 5) is 0. The number of aliphatic hydroxyl groups is 1. The molecule has 1 atom stereocenters. The number of para-hydroxylation sites is 1. The quantitative estimate of drug-likeness (QED) is 0.760. The lowest BCUT2D eigenvalue weighted by atomic mass is 10.1. The monoisotopic (exact) mass is 208 g/mol. The minimum atomic E-state index is -0.476. The van der Waals surface area contributed by atoms with E-state index in [-0.39, 0.29) is 0 Å². The Morgan fingerprint density at radius 1 is 1.36 bits per heavy atom. The van der Waals surface area contributed by atoms with Crippen molar-refractivity contribution in [2.45, 2.75) is 12.5 Å². The molecule has 74 valence electrons. The van der Waals surface area contributed by atoms with Gasteiger partial charge in [0.2, 0.25) is 0 Å². The summed E-state index contributed by atoms with van der Waals surface area (Å²) in [5, 5.41) is 10.8. The van der Waals surface area contributed by atoms with Gasteiger partial charge in [0.1, 0.15) is 5.58 Å². The summed E-state index contributed by atoms with van der Waals surface area (Å²) in [6, 6.07) is 7.71. The third-order valence-electron chi connectivity index (χ3n) is 2.27. The summed E-state index contributed by atoms with van der Waals surface area (Å²) >= 11 is 4.09. The van der Waals surface area contributed by atoms with Gasteiger partial charge in [-0.2, -0.15) is 12.6 Å². The number of fused-ring (bicyclic) bond motifs is 1. The van der Waals surface area contributed by atoms with Crippen molar-refractivity contribution in [3.05, 3.63) is 36.1 Å². The molecule has 2 nitrogen and oxygen atoms in total. The number of aliphatic hydroxyl groups excluding tert-OH is 1. The smallest absolute Gasteiger partial charge is 0.134 e. The fraction of sp³-hybridized carbons (Fsp3) is 0.273. The van der Waals surface area contributed by atoms with Crippen LogP contribution in [0.25, 0.3) is 11.0 Å². The molecule has 0 aliphatic heterocycles. The standard InChI is InChI=1S/C11H12O2S/c12-10(5-6-14)9-7-13-11-4-2-1-3-8(9)11/h1-4,7,10,12,14H,5-6H2. The number of furan rings is 1. The van der Waals surface area contributed by atoms with Crippen molar-refractivity contribution in [3.8, 4) is 0 Å². The van der Waals surface area contributed by atoms with E-state index in [9.17, 15) is 5.11 Å². The van der Waals surface area contributed by atoms with E-state index in [1.165, 1.54) is 0 Å². The largest absolute Gasteiger partial charge is 0.464 e. The van der Waals surface area contributed by atoms with Crippen LogP contribution < -0.4 is 0 Å². The van der Waals surface area contributed by atoms with Gasteiger partial charge in [0.15, 0.2) is 0 Å². The Hall–Kier alpha value is -0.930. The van der Waals surface area contributed by atoms with Crippen LogP contribution in [0.1, 0.15) is 18.1 Å². The highest BCUT2D eigenvalue weighted by Gasteiger charge is 2.12. The molecule has 14 heavy (non-hydrogen) atoms. The molecule has 1 unspecified atom stereocenters. The first-order chi connectivity index (χ1) is 6.83. The molecule has 0 radical (unpaired) electrons. The molecule has 1 aromatic carbocycles. The van der Waals surface area contributed by atoms with Crippen LogP contribution in [0, 0.1) is 0 Å². The number of benzene rings is 1. The van der Waals surface area contributed by atoms with E-state index in [0.717, 1.165) is 16.5 Å². The average Bonchev–Trinajstić information content (AvgIpc) is 2.61. The molecular formula is C11H12O2S. The maximum absolute atomic E-state index is 9.80. The van der Waals surface area contributed by atoms with Crippen molar-refractivity contribution >= 4 is 23.6 Å². The topological polar surface area (TPSA) is 33.4 Å². The number of thiol groups is 1. The lowest BCUT2D eigenvalue weighted by molar-refractivity contribution is 0.175. The van der Waals surface area contributed by atoms with Crippen LogP contribution >= 0.6 is 12.6 Å². The van der Waals surface area contributed by atoms with Crippen molar-refractivity contribution in [1.82, 2.24) is 0 Å². The Kier molecular flexibility index (Phi) is 2.79. The van der Waals surface area contributed by atoms with Gasteiger partial charge in [0, 0.05) is 10.9 Å². The van der Waals surface area contributed by atoms with Gasteiger partial charge in [-0.25, -0.2) is 0 Å². The lowest BCUT2D eigenvalue weighted by Gasteiger charge is -2.05. The normalized spacial score (nSPS) is 13.3. The second-order valence-electron chi connectivity index (χ2n) is 3.22. The Balaban J connectivity index is 2.42. The maximum Gasteiger partial charge on any atom is 0.134 e. The van der Waals surface area contributed by atoms with Crippen LogP contribution in [0.15, 0.2) is 34.9 Å². The van der Waals surface area contributed by atoms with Gasteiger partial charge in [0.05, 0.1) is 12.4 Å². The highest BCUT2D eigenvalue weighted by atomic mass is 32.1. The van der Waals surface area contributed by atoms with E-state index in [4.69, 9.17) is 4.42 Å². The molecule has 2 aromatic rings. The van der Waals surface area contributed by atoms with Crippen molar-refractivity contribution in [2.75, 3.05) is 5.75 Å². The van der Waals surface area contributed by atoms with E-state index < -0.39 is 6.10 Å². The SMILES string of the molecule is OC(CCS)c1coc2ccccc12. The zero-order chi connectivity index (χ0) is 9.97. The van der Waals surface area contributed by atoms with E-state index in [1.807, 2.05) is 24.3 Å². The van der Waals surface area contributed by atoms with Gasteiger partial charge in [-0.05, 0) is 18.2 Å². The molecule has 3 heteroatoms. The summed E-state index contributed by atoms with van der Waals surface area (Å²) in [6.45, 7) is 0. The van der Waals surface area contributed by atoms with Crippen LogP contribution in [0.4, 0.5) is 0 Å². The molecule has 1 heterocycles. The molecule has 1 N–H and O–H groups in total. The van der Waals surface area contributed by atoms with E-state index in [1.54, 1.807) is 6.26 Å². The molecule has 0 saturated heterocycles. The predicted octanol–water partition coefficient (Wildman–Crippen LogP) is 2.79. The Labute approximate surface area is 88.0 Å². The van der Waals surface area contributed by atoms with Crippen LogP contribution in [0.2, 0.25) is 0 Å². The second-order valence-corrected chi connectivity index (χ2v) is 3.66. The number of hydrogen-bond acceptors (Lipinski definition) is 3. The number of hydrogen-bond donors (Lipinski definition) is 2. The first-order valence-corrected chi connectivity index (χ1v) is 5.21. The van der Waals surface area contributed by atoms with Crippen LogP contribution in [0.5, 0.6) is 0 Å². The maximum atomic E-state index is 9.80. The van der Waals surface area contributed by atoms with E-state index in [0.29, 0.717) is 12.2 Å². The molecular weight excluding hydrogens is 196 g/mol. The fourth-order valence-electron chi connectivity index (χ4n) is 1.53. The molecule has 2 rings (SSSR count). The van der Waals surface area contributed by atoms with Gasteiger partial charge >= 0.3 is 0 Å². The van der Waals surface area contributed by atoms with Crippen LogP contribution in [-0.2, 0) is 0 Å². The van der Waals surface area contributed by atoms with Crippen molar-refractivity contribution in [3.63, 3.8) is 0 Å². The van der Waals surface area contributed by atoms with E-state index >= 15 is 0 Å². The summed E-state index contributed by atoms with van der Waals surface area (Å²) in [5.74, 6) is 0.667. The van der Waals surface area contributed by atoms with Crippen molar-refractivity contribution in [2.24, 2.45) is 0 Å².